The molecule has 0 saturated carbocycles. The molecule has 140 valence electrons. The fraction of sp³-hybridized carbons (Fsp3) is 0.143. The minimum absolute atomic E-state index is 0.207. The highest BCUT2D eigenvalue weighted by Gasteiger charge is 2.15. The third kappa shape index (κ3) is 4.65. The number of benzene rings is 3. The van der Waals surface area contributed by atoms with Gasteiger partial charge in [0.2, 0.25) is 0 Å². The maximum Gasteiger partial charge on any atom is 0.196 e. The van der Waals surface area contributed by atoms with Gasteiger partial charge in [-0.3, -0.25) is 0 Å². The summed E-state index contributed by atoms with van der Waals surface area (Å²) in [5, 5.41) is 2.96. The molecule has 0 radical (unpaired) electrons. The Labute approximate surface area is 159 Å². The van der Waals surface area contributed by atoms with Crippen LogP contribution in [0, 0.1) is 5.82 Å². The summed E-state index contributed by atoms with van der Waals surface area (Å²) in [5.74, 6) is -0.534. The van der Waals surface area contributed by atoms with Crippen molar-refractivity contribution < 1.29 is 12.8 Å². The summed E-state index contributed by atoms with van der Waals surface area (Å²) in [6.45, 7) is 0. The number of rotatable bonds is 6. The monoisotopic (exact) mass is 384 g/mol. The molecule has 1 N–H and O–H groups in total. The molecule has 0 unspecified atom stereocenters. The van der Waals surface area contributed by atoms with E-state index in [-0.39, 0.29) is 16.6 Å². The predicted molar refractivity (Wildman–Crippen MR) is 108 cm³/mol. The van der Waals surface area contributed by atoms with Gasteiger partial charge in [0, 0.05) is 25.5 Å². The van der Waals surface area contributed by atoms with Gasteiger partial charge in [-0.1, -0.05) is 24.3 Å². The number of halogens is 1. The predicted octanol–water partition coefficient (Wildman–Crippen LogP) is 4.40. The lowest BCUT2D eigenvalue weighted by Gasteiger charge is -2.13. The van der Waals surface area contributed by atoms with E-state index in [0.717, 1.165) is 22.5 Å². The molecule has 0 fully saturated rings. The number of sulfone groups is 1. The van der Waals surface area contributed by atoms with E-state index in [9.17, 15) is 12.8 Å². The summed E-state index contributed by atoms with van der Waals surface area (Å²) in [6.07, 6.45) is 0. The van der Waals surface area contributed by atoms with Crippen molar-refractivity contribution in [3.63, 3.8) is 0 Å². The Morgan fingerprint density at radius 2 is 1.56 bits per heavy atom. The second-order valence-electron chi connectivity index (χ2n) is 6.41. The van der Waals surface area contributed by atoms with Crippen LogP contribution in [-0.4, -0.2) is 28.4 Å². The molecule has 6 heteroatoms. The molecule has 0 aliphatic heterocycles. The normalized spacial score (nSPS) is 11.2. The number of nitrogens with one attached hydrogen (secondary N) is 1. The van der Waals surface area contributed by atoms with Gasteiger partial charge < -0.3 is 10.2 Å². The second-order valence-corrected chi connectivity index (χ2v) is 8.40. The summed E-state index contributed by atoms with van der Waals surface area (Å²) < 4.78 is 38.5. The third-order valence-electron chi connectivity index (χ3n) is 4.22. The van der Waals surface area contributed by atoms with E-state index >= 15 is 0 Å². The minimum atomic E-state index is -3.52. The molecule has 0 aliphatic carbocycles. The summed E-state index contributed by atoms with van der Waals surface area (Å²) in [6, 6.07) is 20.2. The standard InChI is InChI=1S/C21H21FN2O2S/c1-24(2)20-12-10-19(11-13-20)23-15-27(25,26)21-5-3-4-17(14-21)16-6-8-18(22)9-7-16/h3-14,23H,15H2,1-2H3. The van der Waals surface area contributed by atoms with Gasteiger partial charge in [0.25, 0.3) is 0 Å². The molecule has 0 spiro atoms. The number of nitrogens with zero attached hydrogens (tertiary/aromatic N) is 1. The molecular weight excluding hydrogens is 363 g/mol. The second kappa shape index (κ2) is 7.80. The molecule has 0 bridgehead atoms. The Morgan fingerprint density at radius 1 is 0.889 bits per heavy atom. The largest absolute Gasteiger partial charge is 0.378 e. The molecule has 0 atom stereocenters. The molecule has 0 saturated heterocycles. The van der Waals surface area contributed by atoms with Crippen molar-refractivity contribution in [1.29, 1.82) is 0 Å². The fourth-order valence-corrected chi connectivity index (χ4v) is 3.77. The smallest absolute Gasteiger partial charge is 0.196 e. The first-order valence-corrected chi connectivity index (χ1v) is 10.1. The zero-order valence-corrected chi connectivity index (χ0v) is 16.0. The number of anilines is 2. The summed E-state index contributed by atoms with van der Waals surface area (Å²) in [5.41, 5.74) is 3.27. The van der Waals surface area contributed by atoms with Crippen LogP contribution in [0.1, 0.15) is 0 Å². The highest BCUT2D eigenvalue weighted by atomic mass is 32.2. The van der Waals surface area contributed by atoms with Gasteiger partial charge in [-0.05, 0) is 59.7 Å². The summed E-state index contributed by atoms with van der Waals surface area (Å²) >= 11 is 0. The van der Waals surface area contributed by atoms with Crippen molar-refractivity contribution >= 4 is 21.2 Å². The van der Waals surface area contributed by atoms with Gasteiger partial charge in [-0.2, -0.15) is 0 Å². The molecule has 0 aliphatic rings. The number of hydrogen-bond acceptors (Lipinski definition) is 4. The van der Waals surface area contributed by atoms with E-state index in [0.29, 0.717) is 0 Å². The fourth-order valence-electron chi connectivity index (χ4n) is 2.65. The van der Waals surface area contributed by atoms with Crippen LogP contribution in [0.3, 0.4) is 0 Å². The van der Waals surface area contributed by atoms with Crippen LogP contribution in [-0.2, 0) is 9.84 Å². The van der Waals surface area contributed by atoms with Gasteiger partial charge in [-0.15, -0.1) is 0 Å². The summed E-state index contributed by atoms with van der Waals surface area (Å²) in [7, 11) is 0.372. The quantitative estimate of drug-likeness (QED) is 0.684. The Morgan fingerprint density at radius 3 is 2.19 bits per heavy atom. The van der Waals surface area contributed by atoms with E-state index in [1.54, 1.807) is 36.4 Å². The maximum atomic E-state index is 13.1. The third-order valence-corrected chi connectivity index (χ3v) is 5.72. The topological polar surface area (TPSA) is 49.4 Å². The SMILES string of the molecule is CN(C)c1ccc(NCS(=O)(=O)c2cccc(-c3ccc(F)cc3)c2)cc1. The van der Waals surface area contributed by atoms with Crippen molar-refractivity contribution in [1.82, 2.24) is 0 Å². The van der Waals surface area contributed by atoms with Crippen molar-refractivity contribution in [2.75, 3.05) is 30.2 Å². The van der Waals surface area contributed by atoms with Crippen molar-refractivity contribution in [2.24, 2.45) is 0 Å². The zero-order valence-electron chi connectivity index (χ0n) is 15.2. The maximum absolute atomic E-state index is 13.1. The first-order chi connectivity index (χ1) is 12.8. The highest BCUT2D eigenvalue weighted by molar-refractivity contribution is 7.91. The Hall–Kier alpha value is -2.86. The van der Waals surface area contributed by atoms with Crippen molar-refractivity contribution in [2.45, 2.75) is 4.90 Å². The molecule has 27 heavy (non-hydrogen) atoms. The van der Waals surface area contributed by atoms with Crippen LogP contribution in [0.25, 0.3) is 11.1 Å². The van der Waals surface area contributed by atoms with Crippen LogP contribution in [0.4, 0.5) is 15.8 Å². The molecular formula is C21H21FN2O2S. The Kier molecular flexibility index (Phi) is 5.46. The molecule has 3 aromatic carbocycles. The van der Waals surface area contributed by atoms with E-state index in [2.05, 4.69) is 5.32 Å². The molecule has 3 aromatic rings. The van der Waals surface area contributed by atoms with Crippen LogP contribution in [0.5, 0.6) is 0 Å². The van der Waals surface area contributed by atoms with E-state index in [1.807, 2.05) is 43.3 Å². The lowest BCUT2D eigenvalue weighted by molar-refractivity contribution is 0.598. The van der Waals surface area contributed by atoms with Gasteiger partial charge in [0.05, 0.1) is 4.90 Å². The summed E-state index contributed by atoms with van der Waals surface area (Å²) in [4.78, 5) is 2.20. The van der Waals surface area contributed by atoms with Crippen molar-refractivity contribution in [3.05, 3.63) is 78.6 Å². The van der Waals surface area contributed by atoms with Gasteiger partial charge in [0.15, 0.2) is 9.84 Å². The number of hydrogen-bond donors (Lipinski definition) is 1. The van der Waals surface area contributed by atoms with Crippen molar-refractivity contribution in [3.8, 4) is 11.1 Å². The Balaban J connectivity index is 1.76. The van der Waals surface area contributed by atoms with Gasteiger partial charge in [-0.25, -0.2) is 12.8 Å². The van der Waals surface area contributed by atoms with Crippen LogP contribution >= 0.6 is 0 Å². The molecule has 3 rings (SSSR count). The van der Waals surface area contributed by atoms with E-state index in [4.69, 9.17) is 0 Å². The lowest BCUT2D eigenvalue weighted by atomic mass is 10.1. The molecule has 0 aromatic heterocycles. The molecule has 4 nitrogen and oxygen atoms in total. The average Bonchev–Trinajstić information content (AvgIpc) is 2.67. The van der Waals surface area contributed by atoms with Crippen LogP contribution in [0.15, 0.2) is 77.7 Å². The zero-order chi connectivity index (χ0) is 19.4. The van der Waals surface area contributed by atoms with Crippen LogP contribution < -0.4 is 10.2 Å². The first-order valence-electron chi connectivity index (χ1n) is 8.45. The Bertz CT molecular complexity index is 1010. The van der Waals surface area contributed by atoms with E-state index in [1.165, 1.54) is 12.1 Å². The first kappa shape index (κ1) is 18.9. The average molecular weight is 384 g/mol. The highest BCUT2D eigenvalue weighted by Crippen LogP contribution is 2.24. The molecule has 0 amide bonds. The van der Waals surface area contributed by atoms with Gasteiger partial charge in [0.1, 0.15) is 11.7 Å². The van der Waals surface area contributed by atoms with Crippen LogP contribution in [0.2, 0.25) is 0 Å². The van der Waals surface area contributed by atoms with E-state index < -0.39 is 9.84 Å². The minimum Gasteiger partial charge on any atom is -0.378 e. The lowest BCUT2D eigenvalue weighted by Crippen LogP contribution is -2.15. The molecule has 0 heterocycles. The van der Waals surface area contributed by atoms with Gasteiger partial charge >= 0.3 is 0 Å².